The van der Waals surface area contributed by atoms with Crippen LogP contribution >= 0.6 is 11.6 Å². The van der Waals surface area contributed by atoms with Gasteiger partial charge in [0, 0.05) is 37.7 Å². The molecule has 2 saturated heterocycles. The van der Waals surface area contributed by atoms with E-state index in [0.29, 0.717) is 30.1 Å². The Kier molecular flexibility index (Phi) is 10.2. The number of hydrogen-bond donors (Lipinski definition) is 3. The highest BCUT2D eigenvalue weighted by Gasteiger charge is 2.42. The number of sulfonamides is 1. The summed E-state index contributed by atoms with van der Waals surface area (Å²) < 4.78 is 28.6. The maximum Gasteiger partial charge on any atom is 0.243 e. The Morgan fingerprint density at radius 2 is 1.73 bits per heavy atom. The predicted octanol–water partition coefficient (Wildman–Crippen LogP) is 1.91. The van der Waals surface area contributed by atoms with Crippen molar-refractivity contribution < 1.29 is 22.8 Å². The summed E-state index contributed by atoms with van der Waals surface area (Å²) in [5, 5.41) is 3.36. The molecule has 216 valence electrons. The van der Waals surface area contributed by atoms with Gasteiger partial charge in [-0.25, -0.2) is 13.1 Å². The lowest BCUT2D eigenvalue weighted by molar-refractivity contribution is -0.150. The normalized spacial score (nSPS) is 18.1. The summed E-state index contributed by atoms with van der Waals surface area (Å²) >= 11 is 6.10. The molecule has 0 saturated carbocycles. The third-order valence-corrected chi connectivity index (χ3v) is 8.95. The number of piperidine rings is 1. The Hall–Kier alpha value is -2.99. The highest BCUT2D eigenvalue weighted by molar-refractivity contribution is 7.88. The number of halogens is 1. The quantitative estimate of drug-likeness (QED) is 0.365. The molecular weight excluding hydrogens is 554 g/mol. The molecule has 2 aromatic carbocycles. The fraction of sp³-hybridized carbons (Fsp3) is 0.464. The average Bonchev–Trinajstić information content (AvgIpc) is 2.91. The van der Waals surface area contributed by atoms with Gasteiger partial charge in [-0.3, -0.25) is 14.4 Å². The molecule has 10 nitrogen and oxygen atoms in total. The molecule has 2 heterocycles. The van der Waals surface area contributed by atoms with Crippen LogP contribution in [0, 0.1) is 0 Å². The largest absolute Gasteiger partial charge is 0.350 e. The van der Waals surface area contributed by atoms with Gasteiger partial charge in [0.2, 0.25) is 27.7 Å². The Morgan fingerprint density at radius 1 is 1.00 bits per heavy atom. The zero-order valence-corrected chi connectivity index (χ0v) is 23.9. The first kappa shape index (κ1) is 30.0. The van der Waals surface area contributed by atoms with Gasteiger partial charge in [0.1, 0.15) is 12.1 Å². The number of amides is 3. The maximum atomic E-state index is 13.6. The fourth-order valence-electron chi connectivity index (χ4n) is 5.06. The van der Waals surface area contributed by atoms with Crippen LogP contribution in [0.25, 0.3) is 0 Å². The molecule has 3 amide bonds. The van der Waals surface area contributed by atoms with Crippen molar-refractivity contribution in [3.63, 3.8) is 0 Å². The van der Waals surface area contributed by atoms with E-state index >= 15 is 0 Å². The molecule has 2 fully saturated rings. The second-order valence-electron chi connectivity index (χ2n) is 10.2. The molecule has 2 aliphatic rings. The summed E-state index contributed by atoms with van der Waals surface area (Å²) in [6.07, 6.45) is 2.90. The van der Waals surface area contributed by atoms with Gasteiger partial charge in [-0.2, -0.15) is 0 Å². The Bertz CT molecular complexity index is 1320. The lowest BCUT2D eigenvalue weighted by atomic mass is 9.99. The summed E-state index contributed by atoms with van der Waals surface area (Å²) in [5.41, 5.74) is 7.97. The molecule has 0 bridgehead atoms. The van der Waals surface area contributed by atoms with Gasteiger partial charge in [0.05, 0.1) is 12.2 Å². The van der Waals surface area contributed by atoms with Crippen LogP contribution in [0.3, 0.4) is 0 Å². The Balaban J connectivity index is 1.45. The summed E-state index contributed by atoms with van der Waals surface area (Å²) in [6.45, 7) is 1.92. The second kappa shape index (κ2) is 13.6. The van der Waals surface area contributed by atoms with Crippen LogP contribution in [0.5, 0.6) is 0 Å². The minimum Gasteiger partial charge on any atom is -0.350 e. The first-order valence-electron chi connectivity index (χ1n) is 13.5. The van der Waals surface area contributed by atoms with Crippen molar-refractivity contribution in [1.29, 1.82) is 0 Å². The minimum absolute atomic E-state index is 0.186. The number of carbonyl (C=O) groups is 3. The zero-order valence-electron chi connectivity index (χ0n) is 22.4. The number of nitrogens with two attached hydrogens (primary N) is 1. The lowest BCUT2D eigenvalue weighted by Crippen LogP contribution is -2.63. The van der Waals surface area contributed by atoms with E-state index in [-0.39, 0.29) is 43.6 Å². The van der Waals surface area contributed by atoms with Crippen LogP contribution in [0.15, 0.2) is 48.5 Å². The number of benzene rings is 2. The molecular formula is C28H36ClN5O5S. The highest BCUT2D eigenvalue weighted by Crippen LogP contribution is 2.22. The van der Waals surface area contributed by atoms with Crippen LogP contribution in [0.1, 0.15) is 48.8 Å². The number of carbonyl (C=O) groups excluding carboxylic acids is 3. The second-order valence-corrected chi connectivity index (χ2v) is 12.4. The van der Waals surface area contributed by atoms with E-state index in [1.54, 1.807) is 53.4 Å². The van der Waals surface area contributed by atoms with Gasteiger partial charge >= 0.3 is 0 Å². The van der Waals surface area contributed by atoms with Crippen LogP contribution in [0.4, 0.5) is 0 Å². The monoisotopic (exact) mass is 589 g/mol. The van der Waals surface area contributed by atoms with E-state index in [4.69, 9.17) is 17.3 Å². The molecule has 0 aliphatic carbocycles. The van der Waals surface area contributed by atoms with E-state index in [1.807, 2.05) is 0 Å². The average molecular weight is 590 g/mol. The zero-order chi connectivity index (χ0) is 28.7. The van der Waals surface area contributed by atoms with Crippen LogP contribution < -0.4 is 15.8 Å². The van der Waals surface area contributed by atoms with E-state index in [0.717, 1.165) is 30.4 Å². The summed E-state index contributed by atoms with van der Waals surface area (Å²) in [5.74, 6) is -1.56. The molecule has 2 unspecified atom stereocenters. The van der Waals surface area contributed by atoms with Gasteiger partial charge in [-0.05, 0) is 54.5 Å². The molecule has 4 rings (SSSR count). The van der Waals surface area contributed by atoms with Gasteiger partial charge in [-0.15, -0.1) is 0 Å². The molecule has 40 heavy (non-hydrogen) atoms. The predicted molar refractivity (Wildman–Crippen MR) is 152 cm³/mol. The number of rotatable bonds is 11. The first-order valence-corrected chi connectivity index (χ1v) is 15.6. The number of hydrogen-bond acceptors (Lipinski definition) is 6. The van der Waals surface area contributed by atoms with Crippen molar-refractivity contribution in [3.8, 4) is 0 Å². The van der Waals surface area contributed by atoms with Crippen LogP contribution in [0.2, 0.25) is 5.02 Å². The highest BCUT2D eigenvalue weighted by atomic mass is 35.5. The van der Waals surface area contributed by atoms with Gasteiger partial charge < -0.3 is 20.9 Å². The van der Waals surface area contributed by atoms with E-state index in [2.05, 4.69) is 10.0 Å². The Labute approximate surface area is 240 Å². The molecule has 2 aromatic rings. The SMILES string of the molecule is NCc1ccc(Cl)cc1CNC(=O)C1CCN1C(=O)C(CC(=O)N1CCCCC1)NS(=O)(=O)Cc1ccccc1. The first-order chi connectivity index (χ1) is 19.2. The maximum absolute atomic E-state index is 13.6. The van der Waals surface area contributed by atoms with Crippen molar-refractivity contribution in [1.82, 2.24) is 19.8 Å². The van der Waals surface area contributed by atoms with Crippen molar-refractivity contribution in [2.45, 2.75) is 63.0 Å². The molecule has 2 atom stereocenters. The minimum atomic E-state index is -3.96. The van der Waals surface area contributed by atoms with Crippen LogP contribution in [-0.2, 0) is 43.2 Å². The molecule has 0 spiro atoms. The summed E-state index contributed by atoms with van der Waals surface area (Å²) in [6, 6.07) is 11.8. The Morgan fingerprint density at radius 3 is 2.38 bits per heavy atom. The smallest absolute Gasteiger partial charge is 0.243 e. The molecule has 4 N–H and O–H groups in total. The summed E-state index contributed by atoms with van der Waals surface area (Å²) in [4.78, 5) is 42.7. The molecule has 2 aliphatic heterocycles. The standard InChI is InChI=1S/C28H36ClN5O5S/c29-23-10-9-21(17-30)22(15-23)18-31-27(36)25-11-14-34(25)28(37)24(16-26(35)33-12-5-2-6-13-33)32-40(38,39)19-20-7-3-1-4-8-20/h1,3-4,7-10,15,24-25,32H,2,5-6,11-14,16-19,30H2,(H,31,36). The van der Waals surface area contributed by atoms with E-state index in [1.165, 1.54) is 4.90 Å². The topological polar surface area (TPSA) is 142 Å². The molecule has 0 radical (unpaired) electrons. The van der Waals surface area contributed by atoms with Crippen molar-refractivity contribution >= 4 is 39.3 Å². The van der Waals surface area contributed by atoms with Crippen molar-refractivity contribution in [3.05, 3.63) is 70.2 Å². The van der Waals surface area contributed by atoms with Crippen molar-refractivity contribution in [2.75, 3.05) is 19.6 Å². The van der Waals surface area contributed by atoms with Gasteiger partial charge in [0.25, 0.3) is 0 Å². The molecule has 0 aromatic heterocycles. The lowest BCUT2D eigenvalue weighted by Gasteiger charge is -2.41. The third-order valence-electron chi connectivity index (χ3n) is 7.35. The third kappa shape index (κ3) is 7.81. The van der Waals surface area contributed by atoms with Gasteiger partial charge in [-0.1, -0.05) is 48.0 Å². The number of nitrogens with zero attached hydrogens (tertiary/aromatic N) is 2. The number of nitrogens with one attached hydrogen (secondary N) is 2. The van der Waals surface area contributed by atoms with Gasteiger partial charge in [0.15, 0.2) is 0 Å². The summed E-state index contributed by atoms with van der Waals surface area (Å²) in [7, 11) is -3.96. The van der Waals surface area contributed by atoms with E-state index < -0.39 is 28.0 Å². The fourth-order valence-corrected chi connectivity index (χ4v) is 6.59. The van der Waals surface area contributed by atoms with Crippen molar-refractivity contribution in [2.24, 2.45) is 5.73 Å². The number of likely N-dealkylation sites (tertiary alicyclic amines) is 2. The molecule has 12 heteroatoms. The van der Waals surface area contributed by atoms with Crippen LogP contribution in [-0.4, -0.2) is 67.7 Å². The van der Waals surface area contributed by atoms with E-state index in [9.17, 15) is 22.8 Å².